The second kappa shape index (κ2) is 20.2. The van der Waals surface area contributed by atoms with Gasteiger partial charge in [-0.05, 0) is 57.1 Å². The summed E-state index contributed by atoms with van der Waals surface area (Å²) < 4.78 is 19.7. The van der Waals surface area contributed by atoms with Crippen LogP contribution in [-0.4, -0.2) is 74.0 Å². The molecule has 0 radical (unpaired) electrons. The molecule has 0 unspecified atom stereocenters. The van der Waals surface area contributed by atoms with Crippen LogP contribution in [0.2, 0.25) is 0 Å². The van der Waals surface area contributed by atoms with Gasteiger partial charge in [-0.3, -0.25) is 9.59 Å². The Kier molecular flexibility index (Phi) is 17.2. The fraction of sp³-hybridized carbons (Fsp3) is 0.632. The molecule has 0 aromatic heterocycles. The molecule has 0 saturated carbocycles. The van der Waals surface area contributed by atoms with Crippen molar-refractivity contribution in [3.8, 4) is 0 Å². The van der Waals surface area contributed by atoms with Gasteiger partial charge in [-0.1, -0.05) is 82.4 Å². The van der Waals surface area contributed by atoms with Crippen molar-refractivity contribution in [1.82, 2.24) is 0 Å². The predicted octanol–water partition coefficient (Wildman–Crippen LogP) is 6.91. The quantitative estimate of drug-likeness (QED) is 0.0452. The number of aliphatic carboxylic acids is 3. The van der Waals surface area contributed by atoms with E-state index >= 15 is 0 Å². The minimum Gasteiger partial charge on any atom is -0.481 e. The minimum absolute atomic E-state index is 0.164. The maximum atomic E-state index is 12.9. The Morgan fingerprint density at radius 2 is 1.61 bits per heavy atom. The SMILES string of the molecule is CCCCCC[C@]1([C@H](/C=C/C(C)=C/C(=O)O)OC(=O)CCC(=O)O)CC[C@]2(CC[C@H](C)[C@@H](C/C=C(C)/C=C/[C@H](O)[C@@H](C)/C=C/C(=O)O)O2)O1. The summed E-state index contributed by atoms with van der Waals surface area (Å²) >= 11 is 0. The van der Waals surface area contributed by atoms with Crippen molar-refractivity contribution in [2.45, 2.75) is 141 Å². The van der Waals surface area contributed by atoms with Crippen molar-refractivity contribution in [2.75, 3.05) is 0 Å². The van der Waals surface area contributed by atoms with Crippen molar-refractivity contribution in [3.63, 3.8) is 0 Å². The summed E-state index contributed by atoms with van der Waals surface area (Å²) in [5.41, 5.74) is 0.421. The zero-order valence-electron chi connectivity index (χ0n) is 29.6. The van der Waals surface area contributed by atoms with Crippen LogP contribution < -0.4 is 0 Å². The van der Waals surface area contributed by atoms with E-state index in [0.717, 1.165) is 49.8 Å². The van der Waals surface area contributed by atoms with Crippen LogP contribution in [0.1, 0.15) is 112 Å². The second-order valence-electron chi connectivity index (χ2n) is 13.5. The van der Waals surface area contributed by atoms with Crippen LogP contribution in [0.3, 0.4) is 0 Å². The number of rotatable bonds is 20. The highest BCUT2D eigenvalue weighted by molar-refractivity contribution is 5.81. The second-order valence-corrected chi connectivity index (χ2v) is 13.5. The van der Waals surface area contributed by atoms with Crippen molar-refractivity contribution < 1.29 is 53.8 Å². The van der Waals surface area contributed by atoms with Crippen molar-refractivity contribution in [1.29, 1.82) is 0 Å². The number of aliphatic hydroxyl groups is 1. The molecule has 11 heteroatoms. The fourth-order valence-corrected chi connectivity index (χ4v) is 6.23. The van der Waals surface area contributed by atoms with Gasteiger partial charge in [-0.2, -0.15) is 0 Å². The summed E-state index contributed by atoms with van der Waals surface area (Å²) in [7, 11) is 0. The Morgan fingerprint density at radius 3 is 2.27 bits per heavy atom. The van der Waals surface area contributed by atoms with E-state index in [0.29, 0.717) is 37.7 Å². The van der Waals surface area contributed by atoms with Gasteiger partial charge in [0, 0.05) is 30.9 Å². The number of aliphatic hydroxyl groups excluding tert-OH is 1. The number of hydrogen-bond acceptors (Lipinski definition) is 8. The molecule has 2 aliphatic heterocycles. The average Bonchev–Trinajstić information content (AvgIpc) is 3.40. The Labute approximate surface area is 290 Å². The van der Waals surface area contributed by atoms with Gasteiger partial charge in [-0.25, -0.2) is 9.59 Å². The molecule has 7 atom stereocenters. The highest BCUT2D eigenvalue weighted by Crippen LogP contribution is 2.51. The minimum atomic E-state index is -1.11. The van der Waals surface area contributed by atoms with E-state index < -0.39 is 47.5 Å². The molecule has 4 N–H and O–H groups in total. The Balaban J connectivity index is 2.32. The Morgan fingerprint density at radius 1 is 0.898 bits per heavy atom. The first kappa shape index (κ1) is 41.6. The van der Waals surface area contributed by atoms with Crippen LogP contribution in [-0.2, 0) is 33.4 Å². The molecule has 0 aromatic carbocycles. The highest BCUT2D eigenvalue weighted by Gasteiger charge is 2.56. The van der Waals surface area contributed by atoms with Crippen LogP contribution in [0.5, 0.6) is 0 Å². The lowest BCUT2D eigenvalue weighted by Gasteiger charge is -2.44. The number of esters is 1. The largest absolute Gasteiger partial charge is 0.481 e. The topological polar surface area (TPSA) is 177 Å². The van der Waals surface area contributed by atoms with Crippen molar-refractivity contribution in [2.24, 2.45) is 11.8 Å². The smallest absolute Gasteiger partial charge is 0.328 e. The van der Waals surface area contributed by atoms with E-state index in [2.05, 4.69) is 13.8 Å². The molecule has 11 nitrogen and oxygen atoms in total. The summed E-state index contributed by atoms with van der Waals surface area (Å²) in [5, 5.41) is 37.6. The van der Waals surface area contributed by atoms with Gasteiger partial charge in [0.25, 0.3) is 0 Å². The van der Waals surface area contributed by atoms with Crippen molar-refractivity contribution >= 4 is 23.9 Å². The molecular weight excluding hydrogens is 632 g/mol. The third-order valence-electron chi connectivity index (χ3n) is 9.27. The number of carboxylic acid groups (broad SMARTS) is 3. The molecule has 2 saturated heterocycles. The molecule has 0 aromatic rings. The Bertz CT molecular complexity index is 1280. The number of allylic oxidation sites excluding steroid dienone is 4. The van der Waals surface area contributed by atoms with E-state index in [1.54, 1.807) is 32.1 Å². The van der Waals surface area contributed by atoms with Crippen LogP contribution in [0, 0.1) is 11.8 Å². The molecule has 1 spiro atoms. The summed E-state index contributed by atoms with van der Waals surface area (Å²) in [6, 6.07) is 0. The Hall–Kier alpha value is -3.54. The van der Waals surface area contributed by atoms with Crippen LogP contribution >= 0.6 is 0 Å². The van der Waals surface area contributed by atoms with E-state index in [1.807, 2.05) is 19.1 Å². The monoisotopic (exact) mass is 688 g/mol. The summed E-state index contributed by atoms with van der Waals surface area (Å²) in [5.74, 6) is -4.98. The van der Waals surface area contributed by atoms with Gasteiger partial charge in [0.15, 0.2) is 5.79 Å². The lowest BCUT2D eigenvalue weighted by atomic mass is 9.85. The zero-order chi connectivity index (χ0) is 36.6. The van der Waals surface area contributed by atoms with E-state index in [1.165, 1.54) is 6.08 Å². The standard InChI is InChI=1S/C38H56O11/c1-6-7-8-9-21-37(32(16-12-27(3)25-35(44)45)47-36(46)19-18-34(42)43)23-24-38(49-37)22-20-29(5)31(48-38)15-11-26(2)10-14-30(39)28(4)13-17-33(40)41/h10-14,16-17,25,28-32,39H,6-9,15,18-24H2,1-5H3,(H,40,41)(H,42,43)(H,44,45)/b14-10+,16-12+,17-13+,26-11+,27-25+/t28-,29-,30-,31+,32-,37+,38-/m0/s1. The molecule has 2 rings (SSSR count). The molecule has 274 valence electrons. The highest BCUT2D eigenvalue weighted by atomic mass is 16.7. The lowest BCUT2D eigenvalue weighted by molar-refractivity contribution is -0.308. The van der Waals surface area contributed by atoms with Crippen LogP contribution in [0.15, 0.2) is 59.8 Å². The number of unbranched alkanes of at least 4 members (excludes halogenated alkanes) is 3. The number of carbonyl (C=O) groups excluding carboxylic acids is 1. The normalized spacial score (nSPS) is 26.8. The van der Waals surface area contributed by atoms with E-state index in [-0.39, 0.29) is 30.8 Å². The third kappa shape index (κ3) is 14.5. The van der Waals surface area contributed by atoms with E-state index in [9.17, 15) is 29.4 Å². The number of ether oxygens (including phenoxy) is 3. The molecule has 2 heterocycles. The van der Waals surface area contributed by atoms with Gasteiger partial charge < -0.3 is 34.6 Å². The first-order valence-electron chi connectivity index (χ1n) is 17.4. The first-order valence-corrected chi connectivity index (χ1v) is 17.4. The molecule has 0 bridgehead atoms. The molecular formula is C38H56O11. The van der Waals surface area contributed by atoms with Gasteiger partial charge in [0.1, 0.15) is 11.7 Å². The van der Waals surface area contributed by atoms with Crippen LogP contribution in [0.4, 0.5) is 0 Å². The molecule has 0 aliphatic carbocycles. The van der Waals surface area contributed by atoms with Crippen LogP contribution in [0.25, 0.3) is 0 Å². The fourth-order valence-electron chi connectivity index (χ4n) is 6.23. The number of carbonyl (C=O) groups is 4. The average molecular weight is 689 g/mol. The molecule has 2 fully saturated rings. The number of hydrogen-bond donors (Lipinski definition) is 4. The summed E-state index contributed by atoms with van der Waals surface area (Å²) in [6.45, 7) is 9.56. The first-order chi connectivity index (χ1) is 23.1. The third-order valence-corrected chi connectivity index (χ3v) is 9.27. The molecule has 49 heavy (non-hydrogen) atoms. The maximum absolute atomic E-state index is 12.9. The van der Waals surface area contributed by atoms with Crippen molar-refractivity contribution in [3.05, 3.63) is 59.8 Å². The summed E-state index contributed by atoms with van der Waals surface area (Å²) in [4.78, 5) is 46.1. The van der Waals surface area contributed by atoms with Gasteiger partial charge in [0.05, 0.1) is 25.0 Å². The van der Waals surface area contributed by atoms with Gasteiger partial charge in [0.2, 0.25) is 0 Å². The maximum Gasteiger partial charge on any atom is 0.328 e. The van der Waals surface area contributed by atoms with Gasteiger partial charge >= 0.3 is 23.9 Å². The number of carboxylic acids is 3. The lowest BCUT2D eigenvalue weighted by Crippen LogP contribution is -2.50. The predicted molar refractivity (Wildman–Crippen MR) is 185 cm³/mol. The van der Waals surface area contributed by atoms with Gasteiger partial charge in [-0.15, -0.1) is 0 Å². The molecule has 0 amide bonds. The van der Waals surface area contributed by atoms with E-state index in [4.69, 9.17) is 24.4 Å². The summed E-state index contributed by atoms with van der Waals surface area (Å²) in [6.07, 6.45) is 17.3. The zero-order valence-corrected chi connectivity index (χ0v) is 29.6. The molecule has 2 aliphatic rings.